The van der Waals surface area contributed by atoms with Gasteiger partial charge in [0.05, 0.1) is 6.54 Å². The van der Waals surface area contributed by atoms with Gasteiger partial charge in [-0.05, 0) is 31.5 Å². The van der Waals surface area contributed by atoms with Gasteiger partial charge in [-0.1, -0.05) is 6.07 Å². The van der Waals surface area contributed by atoms with E-state index in [-0.39, 0.29) is 5.69 Å². The molecule has 0 unspecified atom stereocenters. The van der Waals surface area contributed by atoms with Gasteiger partial charge in [-0.3, -0.25) is 13.9 Å². The summed E-state index contributed by atoms with van der Waals surface area (Å²) in [6.07, 6.45) is 5.14. The van der Waals surface area contributed by atoms with Gasteiger partial charge in [0.15, 0.2) is 5.69 Å². The number of hydrogen-bond donors (Lipinski definition) is 0. The number of nitrogens with zero attached hydrogens (tertiary/aromatic N) is 5. The monoisotopic (exact) mass is 315 g/mol. The minimum absolute atomic E-state index is 0.141. The van der Waals surface area contributed by atoms with E-state index in [0.717, 1.165) is 5.56 Å². The third-order valence-corrected chi connectivity index (χ3v) is 3.74. The first-order valence-electron chi connectivity index (χ1n) is 7.51. The number of carbonyl (C=O) groups excluding carboxylic acids is 1. The van der Waals surface area contributed by atoms with Gasteiger partial charge in [-0.2, -0.15) is 9.49 Å². The lowest BCUT2D eigenvalue weighted by molar-refractivity contribution is 0.0746. The van der Waals surface area contributed by atoms with Crippen molar-refractivity contribution in [2.45, 2.75) is 20.4 Å². The smallest absolute Gasteiger partial charge is 0.277 e. The van der Waals surface area contributed by atoms with Crippen molar-refractivity contribution in [1.82, 2.24) is 24.1 Å². The molecule has 6 nitrogen and oxygen atoms in total. The van der Waals surface area contributed by atoms with E-state index >= 15 is 0 Å². The molecule has 0 bridgehead atoms. The SMILES string of the molecule is CCN(CCn1cccn1)C(=O)c1nc2ccc(C)cn2c1F. The first kappa shape index (κ1) is 15.2. The van der Waals surface area contributed by atoms with Gasteiger partial charge < -0.3 is 4.90 Å². The van der Waals surface area contributed by atoms with Crippen LogP contribution < -0.4 is 0 Å². The van der Waals surface area contributed by atoms with E-state index < -0.39 is 11.9 Å². The highest BCUT2D eigenvalue weighted by Crippen LogP contribution is 2.14. The number of aromatic nitrogens is 4. The van der Waals surface area contributed by atoms with Crippen LogP contribution in [0.4, 0.5) is 4.39 Å². The third kappa shape index (κ3) is 2.94. The Balaban J connectivity index is 1.84. The van der Waals surface area contributed by atoms with Crippen molar-refractivity contribution < 1.29 is 9.18 Å². The maximum absolute atomic E-state index is 14.5. The maximum Gasteiger partial charge on any atom is 0.277 e. The molecule has 0 aliphatic carbocycles. The summed E-state index contributed by atoms with van der Waals surface area (Å²) < 4.78 is 17.6. The number of pyridine rings is 1. The Labute approximate surface area is 133 Å². The first-order chi connectivity index (χ1) is 11.1. The molecular weight excluding hydrogens is 297 g/mol. The average molecular weight is 315 g/mol. The summed E-state index contributed by atoms with van der Waals surface area (Å²) >= 11 is 0. The summed E-state index contributed by atoms with van der Waals surface area (Å²) in [4.78, 5) is 18.3. The predicted molar refractivity (Wildman–Crippen MR) is 83.7 cm³/mol. The fourth-order valence-electron chi connectivity index (χ4n) is 2.47. The predicted octanol–water partition coefficient (Wildman–Crippen LogP) is 2.14. The third-order valence-electron chi connectivity index (χ3n) is 3.74. The first-order valence-corrected chi connectivity index (χ1v) is 7.51. The van der Waals surface area contributed by atoms with Crippen LogP contribution in [-0.4, -0.2) is 43.1 Å². The number of fused-ring (bicyclic) bond motifs is 1. The summed E-state index contributed by atoms with van der Waals surface area (Å²) in [7, 11) is 0. The van der Waals surface area contributed by atoms with E-state index in [9.17, 15) is 9.18 Å². The van der Waals surface area contributed by atoms with E-state index in [1.807, 2.05) is 32.2 Å². The van der Waals surface area contributed by atoms with Crippen LogP contribution in [0.5, 0.6) is 0 Å². The number of amides is 1. The Bertz CT molecular complexity index is 824. The molecule has 0 spiro atoms. The lowest BCUT2D eigenvalue weighted by Gasteiger charge is -2.19. The van der Waals surface area contributed by atoms with Gasteiger partial charge in [0.2, 0.25) is 5.95 Å². The van der Waals surface area contributed by atoms with Crippen molar-refractivity contribution in [3.63, 3.8) is 0 Å². The lowest BCUT2D eigenvalue weighted by atomic mass is 10.3. The summed E-state index contributed by atoms with van der Waals surface area (Å²) in [5, 5.41) is 4.10. The number of carbonyl (C=O) groups is 1. The molecule has 0 aliphatic rings. The molecule has 120 valence electrons. The number of aryl methyl sites for hydroxylation is 1. The van der Waals surface area contributed by atoms with Crippen LogP contribution in [0, 0.1) is 12.9 Å². The molecule has 23 heavy (non-hydrogen) atoms. The maximum atomic E-state index is 14.5. The molecule has 3 aromatic heterocycles. The van der Waals surface area contributed by atoms with E-state index in [2.05, 4.69) is 10.1 Å². The fraction of sp³-hybridized carbons (Fsp3) is 0.312. The second-order valence-corrected chi connectivity index (χ2v) is 5.34. The Hall–Kier alpha value is -2.70. The zero-order chi connectivity index (χ0) is 16.4. The van der Waals surface area contributed by atoms with Crippen molar-refractivity contribution in [1.29, 1.82) is 0 Å². The molecule has 0 fully saturated rings. The van der Waals surface area contributed by atoms with E-state index in [4.69, 9.17) is 0 Å². The molecule has 0 radical (unpaired) electrons. The van der Waals surface area contributed by atoms with Gasteiger partial charge in [0, 0.05) is 31.7 Å². The van der Waals surface area contributed by atoms with Crippen LogP contribution in [0.25, 0.3) is 5.65 Å². The summed E-state index contributed by atoms with van der Waals surface area (Å²) in [6.45, 7) is 5.21. The van der Waals surface area contributed by atoms with Gasteiger partial charge in [-0.15, -0.1) is 0 Å². The second kappa shape index (κ2) is 6.20. The fourth-order valence-corrected chi connectivity index (χ4v) is 2.47. The van der Waals surface area contributed by atoms with Gasteiger partial charge in [0.1, 0.15) is 5.65 Å². The molecule has 3 rings (SSSR count). The highest BCUT2D eigenvalue weighted by atomic mass is 19.1. The normalized spacial score (nSPS) is 11.1. The number of hydrogen-bond acceptors (Lipinski definition) is 3. The highest BCUT2D eigenvalue weighted by Gasteiger charge is 2.23. The number of likely N-dealkylation sites (N-methyl/N-ethyl adjacent to an activating group) is 1. The van der Waals surface area contributed by atoms with Gasteiger partial charge >= 0.3 is 0 Å². The molecule has 0 saturated carbocycles. The topological polar surface area (TPSA) is 55.4 Å². The van der Waals surface area contributed by atoms with E-state index in [0.29, 0.717) is 25.3 Å². The van der Waals surface area contributed by atoms with E-state index in [1.54, 1.807) is 28.0 Å². The summed E-state index contributed by atoms with van der Waals surface area (Å²) in [5.41, 5.74) is 1.19. The average Bonchev–Trinajstić information content (AvgIpc) is 3.16. The van der Waals surface area contributed by atoms with Crippen molar-refractivity contribution in [3.05, 3.63) is 54.0 Å². The van der Waals surface area contributed by atoms with Crippen molar-refractivity contribution in [2.24, 2.45) is 0 Å². The quantitative estimate of drug-likeness (QED) is 0.725. The Kier molecular flexibility index (Phi) is 4.10. The van der Waals surface area contributed by atoms with Crippen LogP contribution >= 0.6 is 0 Å². The molecule has 0 aromatic carbocycles. The number of halogens is 1. The van der Waals surface area contributed by atoms with Crippen LogP contribution in [-0.2, 0) is 6.54 Å². The van der Waals surface area contributed by atoms with Crippen LogP contribution in [0.15, 0.2) is 36.8 Å². The van der Waals surface area contributed by atoms with Crippen LogP contribution in [0.2, 0.25) is 0 Å². The van der Waals surface area contributed by atoms with Crippen LogP contribution in [0.3, 0.4) is 0 Å². The highest BCUT2D eigenvalue weighted by molar-refractivity contribution is 5.93. The Morgan fingerprint density at radius 2 is 2.22 bits per heavy atom. The minimum atomic E-state index is -0.619. The van der Waals surface area contributed by atoms with Crippen molar-refractivity contribution in [3.8, 4) is 0 Å². The molecule has 3 heterocycles. The van der Waals surface area contributed by atoms with Crippen LogP contribution in [0.1, 0.15) is 23.0 Å². The van der Waals surface area contributed by atoms with E-state index in [1.165, 1.54) is 4.40 Å². The standard InChI is InChI=1S/C16H18FN5O/c1-3-20(9-10-21-8-4-7-18-21)16(23)14-15(17)22-11-12(2)5-6-13(22)19-14/h4-8,11H,3,9-10H2,1-2H3. The Morgan fingerprint density at radius 3 is 2.91 bits per heavy atom. The molecule has 3 aromatic rings. The molecular formula is C16H18FN5O. The van der Waals surface area contributed by atoms with Crippen molar-refractivity contribution in [2.75, 3.05) is 13.1 Å². The molecule has 0 saturated heterocycles. The molecule has 7 heteroatoms. The Morgan fingerprint density at radius 1 is 1.39 bits per heavy atom. The summed E-state index contributed by atoms with van der Waals surface area (Å²) in [5.74, 6) is -1.02. The zero-order valence-corrected chi connectivity index (χ0v) is 13.1. The molecule has 0 atom stereocenters. The second-order valence-electron chi connectivity index (χ2n) is 5.34. The largest absolute Gasteiger partial charge is 0.336 e. The zero-order valence-electron chi connectivity index (χ0n) is 13.1. The van der Waals surface area contributed by atoms with Gasteiger partial charge in [0.25, 0.3) is 5.91 Å². The number of imidazole rings is 1. The molecule has 1 amide bonds. The minimum Gasteiger partial charge on any atom is -0.336 e. The number of rotatable bonds is 5. The molecule has 0 N–H and O–H groups in total. The summed E-state index contributed by atoms with van der Waals surface area (Å²) in [6, 6.07) is 5.36. The molecule has 0 aliphatic heterocycles. The lowest BCUT2D eigenvalue weighted by Crippen LogP contribution is -2.34. The van der Waals surface area contributed by atoms with Gasteiger partial charge in [-0.25, -0.2) is 4.98 Å². The van der Waals surface area contributed by atoms with Crippen molar-refractivity contribution >= 4 is 11.6 Å².